The van der Waals surface area contributed by atoms with Gasteiger partial charge in [-0.3, -0.25) is 62.5 Å². The Labute approximate surface area is 580 Å². The minimum absolute atomic E-state index is 0.0116. The molecule has 0 spiro atoms. The molecule has 5 aromatic carbocycles. The Morgan fingerprint density at radius 3 is 1.85 bits per heavy atom. The van der Waals surface area contributed by atoms with E-state index in [-0.39, 0.29) is 109 Å². The molecule has 0 bridgehead atoms. The number of carbonyl (C=O) groups is 12. The zero-order chi connectivity index (χ0) is 71.9. The molecule has 2 heterocycles. The van der Waals surface area contributed by atoms with Gasteiger partial charge in [0.25, 0.3) is 0 Å². The molecule has 2 fully saturated rings. The van der Waals surface area contributed by atoms with Crippen LogP contribution >= 0.6 is 11.6 Å². The van der Waals surface area contributed by atoms with E-state index in [9.17, 15) is 52.7 Å². The van der Waals surface area contributed by atoms with Gasteiger partial charge >= 0.3 is 0 Å². The molecule has 0 aromatic heterocycles. The average molecular weight is 1380 g/mol. The van der Waals surface area contributed by atoms with Gasteiger partial charge in [0.2, 0.25) is 70.9 Å². The highest BCUT2D eigenvalue weighted by molar-refractivity contribution is 6.30. The molecule has 7 rings (SSSR count). The first kappa shape index (κ1) is 76.2. The molecule has 99 heavy (non-hydrogen) atoms. The predicted octanol–water partition coefficient (Wildman–Crippen LogP) is 1.75. The summed E-state index contributed by atoms with van der Waals surface area (Å²) in [5.41, 5.74) is 18.6. The van der Waals surface area contributed by atoms with Crippen molar-refractivity contribution in [2.75, 3.05) is 19.6 Å². The molecule has 0 unspecified atom stereocenters. The Balaban J connectivity index is 1.22. The minimum Gasteiger partial charge on any atom is -0.370 e. The number of benzene rings is 5. The lowest BCUT2D eigenvalue weighted by molar-refractivity contribution is -0.142. The van der Waals surface area contributed by atoms with E-state index < -0.39 is 131 Å². The maximum Gasteiger partial charge on any atom is 0.245 e. The van der Waals surface area contributed by atoms with Crippen LogP contribution in [0, 0.1) is 5.92 Å². The molecule has 530 valence electrons. The maximum atomic E-state index is 15.0. The number of guanidine groups is 1. The lowest BCUT2D eigenvalue weighted by Gasteiger charge is -2.31. The number of fused-ring (bicyclic) bond motifs is 2. The van der Waals surface area contributed by atoms with Crippen LogP contribution in [-0.2, 0) is 76.8 Å². The van der Waals surface area contributed by atoms with Crippen LogP contribution in [-0.4, -0.2) is 162 Å². The molecule has 28 heteroatoms. The first-order chi connectivity index (χ1) is 47.2. The van der Waals surface area contributed by atoms with Gasteiger partial charge in [-0.15, -0.1) is 0 Å². The van der Waals surface area contributed by atoms with Gasteiger partial charge in [0.1, 0.15) is 60.4 Å². The van der Waals surface area contributed by atoms with Crippen LogP contribution in [0.15, 0.2) is 114 Å². The zero-order valence-electron chi connectivity index (χ0n) is 56.5. The van der Waals surface area contributed by atoms with Crippen molar-refractivity contribution in [2.24, 2.45) is 28.1 Å². The van der Waals surface area contributed by atoms with Crippen molar-refractivity contribution in [3.63, 3.8) is 0 Å². The summed E-state index contributed by atoms with van der Waals surface area (Å²) in [7, 11) is 0. The number of aliphatic imine (C=N–C) groups is 1. The monoisotopic (exact) mass is 1380 g/mol. The normalized spacial score (nSPS) is 21.2. The first-order valence-corrected chi connectivity index (χ1v) is 33.9. The molecular formula is C71H92ClN15O12. The molecule has 2 aliphatic heterocycles. The second kappa shape index (κ2) is 37.0. The Morgan fingerprint density at radius 1 is 0.616 bits per heavy atom. The van der Waals surface area contributed by atoms with Gasteiger partial charge in [0.15, 0.2) is 5.96 Å². The Bertz CT molecular complexity index is 3770. The van der Waals surface area contributed by atoms with E-state index in [0.29, 0.717) is 28.1 Å². The fourth-order valence-electron chi connectivity index (χ4n) is 11.9. The van der Waals surface area contributed by atoms with Gasteiger partial charge < -0.3 is 75.3 Å². The van der Waals surface area contributed by atoms with E-state index in [2.05, 4.69) is 58.2 Å². The Hall–Kier alpha value is -10.2. The number of carbonyl (C=O) groups excluding carboxylic acids is 12. The van der Waals surface area contributed by atoms with Crippen molar-refractivity contribution < 1.29 is 57.5 Å². The van der Waals surface area contributed by atoms with Crippen LogP contribution in [0.3, 0.4) is 0 Å². The molecule has 2 aliphatic rings. The van der Waals surface area contributed by atoms with Gasteiger partial charge in [-0.1, -0.05) is 123 Å². The summed E-state index contributed by atoms with van der Waals surface area (Å²) < 4.78 is 0. The molecule has 0 radical (unpaired) electrons. The Morgan fingerprint density at radius 2 is 1.20 bits per heavy atom. The number of primary amides is 1. The largest absolute Gasteiger partial charge is 0.370 e. The summed E-state index contributed by atoms with van der Waals surface area (Å²) in [6.45, 7) is 7.83. The highest BCUT2D eigenvalue weighted by Gasteiger charge is 2.40. The molecule has 27 nitrogen and oxygen atoms in total. The Kier molecular flexibility index (Phi) is 28.4. The highest BCUT2D eigenvalue weighted by Crippen LogP contribution is 2.23. The first-order valence-electron chi connectivity index (χ1n) is 33.5. The van der Waals surface area contributed by atoms with Crippen molar-refractivity contribution in [3.8, 4) is 0 Å². The van der Waals surface area contributed by atoms with Gasteiger partial charge in [0, 0.05) is 57.3 Å². The second-order valence-electron chi connectivity index (χ2n) is 25.7. The maximum absolute atomic E-state index is 15.0. The molecule has 16 N–H and O–H groups in total. The van der Waals surface area contributed by atoms with Gasteiger partial charge in [-0.2, -0.15) is 0 Å². The predicted molar refractivity (Wildman–Crippen MR) is 374 cm³/mol. The fourth-order valence-corrected chi connectivity index (χ4v) is 12.0. The molecule has 5 aromatic rings. The third-order valence-corrected chi connectivity index (χ3v) is 17.5. The summed E-state index contributed by atoms with van der Waals surface area (Å²) >= 11 is 6.25. The summed E-state index contributed by atoms with van der Waals surface area (Å²) in [6, 6.07) is 19.5. The third-order valence-electron chi connectivity index (χ3n) is 17.3. The van der Waals surface area contributed by atoms with Crippen LogP contribution in [0.25, 0.3) is 21.5 Å². The molecular weight excluding hydrogens is 1290 g/mol. The topological polar surface area (TPSA) is 419 Å². The molecule has 2 saturated heterocycles. The van der Waals surface area contributed by atoms with E-state index >= 15 is 4.79 Å². The molecule has 10 atom stereocenters. The van der Waals surface area contributed by atoms with Crippen LogP contribution in [0.1, 0.15) is 116 Å². The number of amides is 12. The lowest BCUT2D eigenvalue weighted by Crippen LogP contribution is -2.60. The number of nitrogens with one attached hydrogen (secondary N) is 10. The van der Waals surface area contributed by atoms with Gasteiger partial charge in [-0.25, -0.2) is 0 Å². The minimum atomic E-state index is -1.57. The summed E-state index contributed by atoms with van der Waals surface area (Å²) in [5, 5.41) is 31.4. The van der Waals surface area contributed by atoms with E-state index in [0.717, 1.165) is 21.5 Å². The summed E-state index contributed by atoms with van der Waals surface area (Å²) in [4.78, 5) is 175. The van der Waals surface area contributed by atoms with E-state index in [1.165, 1.54) is 25.7 Å². The number of hydrogen-bond donors (Lipinski definition) is 13. The smallest absolute Gasteiger partial charge is 0.245 e. The SMILES string of the molecule is CC(=O)N[C@H](Cc1ccc2ccccc2c1)C(=O)N[C@@H](Cc1ccc(Cl)cc1)C(=O)N[C@@H]1CCC(=O)NCCCC[C@@H](C(=O)N2CCC[C@H]2C(=O)N[C@@H](C)C(N)=O)NC(=O)[C@H](CC(C)C)NC(=O)[C@@H](Cc2ccc3ccccc3c2)NC(=O)[C@H](CCCN=C(N)N)NC(=O)[C@H](C)NC1=O. The van der Waals surface area contributed by atoms with Crippen molar-refractivity contribution in [3.05, 3.63) is 131 Å². The number of nitrogens with zero attached hydrogens (tertiary/aromatic N) is 2. The summed E-state index contributed by atoms with van der Waals surface area (Å²) in [5.74, 6) is -9.42. The molecule has 0 saturated carbocycles. The number of likely N-dealkylation sites (tertiary alicyclic amines) is 1. The summed E-state index contributed by atoms with van der Waals surface area (Å²) in [6.07, 6.45) is 0.158. The van der Waals surface area contributed by atoms with Crippen LogP contribution in [0.2, 0.25) is 5.02 Å². The lowest BCUT2D eigenvalue weighted by atomic mass is 9.98. The molecule has 12 amide bonds. The number of halogens is 1. The second-order valence-corrected chi connectivity index (χ2v) is 26.2. The zero-order valence-corrected chi connectivity index (χ0v) is 57.2. The quantitative estimate of drug-likeness (QED) is 0.0283. The van der Waals surface area contributed by atoms with Crippen LogP contribution in [0.5, 0.6) is 0 Å². The number of hydrogen-bond acceptors (Lipinski definition) is 13. The van der Waals surface area contributed by atoms with Crippen molar-refractivity contribution in [1.29, 1.82) is 0 Å². The van der Waals surface area contributed by atoms with E-state index in [1.54, 1.807) is 30.3 Å². The van der Waals surface area contributed by atoms with Crippen LogP contribution < -0.4 is 70.4 Å². The van der Waals surface area contributed by atoms with Gasteiger partial charge in [0.05, 0.1) is 0 Å². The van der Waals surface area contributed by atoms with E-state index in [1.807, 2.05) is 92.7 Å². The third kappa shape index (κ3) is 23.5. The van der Waals surface area contributed by atoms with Crippen molar-refractivity contribution in [1.82, 2.24) is 58.1 Å². The van der Waals surface area contributed by atoms with Gasteiger partial charge in [-0.05, 0) is 128 Å². The van der Waals surface area contributed by atoms with E-state index in [4.69, 9.17) is 28.8 Å². The number of rotatable bonds is 21. The standard InChI is InChI=1S/C71H92ClN15O12/c1-40(2)34-55-65(94)83-54(70(99)87-33-13-20-59(87)69(98)78-41(3)61(73)90)18-10-11-31-76-60(89)30-29-53(82-67(96)57(37-44-23-27-51(72)28-24-44)86-66(95)56(80-43(5)88)38-45-21-25-47-14-6-8-16-49(47)35-45)63(92)79-42(4)62(91)81-52(19-12-32-77-71(74)75)64(93)85-58(68(97)84-55)39-46-22-26-48-15-7-9-17-50(48)36-46/h6-9,14-17,21-28,35-36,40-42,52-59H,10-13,18-20,29-34,37-39H2,1-5H3,(H2,73,90)(H,76,89)(H,78,98)(H,79,92)(H,80,88)(H,81,91)(H,82,96)(H,83,94)(H,84,97)(H,85,93)(H,86,95)(H4,74,75,77)/t41-,42-,52-,53+,54-,55-,56+,57-,58+,59-/m0/s1. The average Bonchev–Trinajstić information content (AvgIpc) is 1.60. The van der Waals surface area contributed by atoms with Crippen molar-refractivity contribution in [2.45, 2.75) is 179 Å². The number of nitrogens with two attached hydrogens (primary N) is 3. The molecule has 0 aliphatic carbocycles. The highest BCUT2D eigenvalue weighted by atomic mass is 35.5. The fraction of sp³-hybridized carbons (Fsp3) is 0.451. The van der Waals surface area contributed by atoms with Crippen molar-refractivity contribution >= 4 is 110 Å². The van der Waals surface area contributed by atoms with Crippen LogP contribution in [0.4, 0.5) is 0 Å².